The molecule has 4 heterocycles. The molecule has 0 bridgehead atoms. The van der Waals surface area contributed by atoms with Crippen molar-refractivity contribution in [2.24, 2.45) is 5.92 Å². The lowest BCUT2D eigenvalue weighted by Crippen LogP contribution is -2.38. The summed E-state index contributed by atoms with van der Waals surface area (Å²) in [6.45, 7) is 1.13. The van der Waals surface area contributed by atoms with Gasteiger partial charge in [0.05, 0.1) is 4.88 Å². The molecule has 3 aromatic rings. The highest BCUT2D eigenvalue weighted by Crippen LogP contribution is 2.32. The number of piperidine rings is 1. The summed E-state index contributed by atoms with van der Waals surface area (Å²) >= 11 is 1.50. The predicted octanol–water partition coefficient (Wildman–Crippen LogP) is 2.82. The van der Waals surface area contributed by atoms with Crippen molar-refractivity contribution in [3.63, 3.8) is 0 Å². The van der Waals surface area contributed by atoms with Crippen LogP contribution < -0.4 is 15.6 Å². The van der Waals surface area contributed by atoms with Crippen LogP contribution >= 0.6 is 11.3 Å². The van der Waals surface area contributed by atoms with E-state index < -0.39 is 0 Å². The van der Waals surface area contributed by atoms with Crippen LogP contribution in [0.15, 0.2) is 45.2 Å². The molecule has 1 amide bonds. The third kappa shape index (κ3) is 3.54. The second-order valence-corrected chi connectivity index (χ2v) is 7.38. The number of amides is 1. The number of carbonyl (C=O) groups is 1. The molecule has 1 fully saturated rings. The molecule has 1 aliphatic rings. The first kappa shape index (κ1) is 18.0. The lowest BCUT2D eigenvalue weighted by molar-refractivity contribution is -0.120. The van der Waals surface area contributed by atoms with E-state index in [9.17, 15) is 14.9 Å². The van der Waals surface area contributed by atoms with E-state index in [1.807, 2.05) is 22.4 Å². The van der Waals surface area contributed by atoms with Crippen molar-refractivity contribution in [3.05, 3.63) is 51.9 Å². The number of aromatic nitrogens is 2. The fraction of sp³-hybridized carbons (Fsp3) is 0.263. The fourth-order valence-corrected chi connectivity index (χ4v) is 3.85. The molecule has 3 aromatic heterocycles. The standard InChI is InChI=1S/C19H17N5O3S/c20-10-13-19(27-18(23-13)16-2-1-9-28-16)24-7-4-12(5-8-24)17(26)22-14-11-21-6-3-15(14)25/h1-3,6,9,11-12H,4-5,7-8H2,(H,21,25)(H,22,26). The highest BCUT2D eigenvalue weighted by molar-refractivity contribution is 7.13. The molecule has 0 saturated carbocycles. The van der Waals surface area contributed by atoms with Gasteiger partial charge < -0.3 is 19.6 Å². The molecule has 1 aliphatic heterocycles. The number of nitrogens with zero attached hydrogens (tertiary/aromatic N) is 3. The molecular formula is C19H17N5O3S. The molecule has 0 unspecified atom stereocenters. The lowest BCUT2D eigenvalue weighted by atomic mass is 9.96. The summed E-state index contributed by atoms with van der Waals surface area (Å²) < 4.78 is 5.85. The summed E-state index contributed by atoms with van der Waals surface area (Å²) in [7, 11) is 0. The highest BCUT2D eigenvalue weighted by Gasteiger charge is 2.29. The van der Waals surface area contributed by atoms with E-state index >= 15 is 0 Å². The average molecular weight is 395 g/mol. The molecule has 9 heteroatoms. The molecule has 0 radical (unpaired) electrons. The van der Waals surface area contributed by atoms with Crippen LogP contribution in [0.2, 0.25) is 0 Å². The van der Waals surface area contributed by atoms with Crippen LogP contribution in [0.25, 0.3) is 10.8 Å². The number of rotatable bonds is 4. The van der Waals surface area contributed by atoms with Gasteiger partial charge >= 0.3 is 0 Å². The first-order valence-corrected chi connectivity index (χ1v) is 9.71. The molecule has 0 spiro atoms. The zero-order valence-corrected chi connectivity index (χ0v) is 15.7. The molecule has 8 nitrogen and oxygen atoms in total. The van der Waals surface area contributed by atoms with Gasteiger partial charge in [0.1, 0.15) is 11.8 Å². The van der Waals surface area contributed by atoms with Crippen LogP contribution in [0.1, 0.15) is 18.5 Å². The van der Waals surface area contributed by atoms with Gasteiger partial charge in [-0.2, -0.15) is 10.2 Å². The molecular weight excluding hydrogens is 378 g/mol. The van der Waals surface area contributed by atoms with Crippen molar-refractivity contribution in [2.75, 3.05) is 23.3 Å². The SMILES string of the molecule is N#Cc1nc(-c2cccs2)oc1N1CCC(C(=O)Nc2c[nH]ccc2=O)CC1. The van der Waals surface area contributed by atoms with Gasteiger partial charge in [0.25, 0.3) is 0 Å². The Labute approximate surface area is 164 Å². The summed E-state index contributed by atoms with van der Waals surface area (Å²) in [5, 5.41) is 14.0. The third-order valence-corrected chi connectivity index (χ3v) is 5.54. The Morgan fingerprint density at radius 3 is 2.89 bits per heavy atom. The van der Waals surface area contributed by atoms with Crippen molar-refractivity contribution >= 4 is 28.8 Å². The number of H-pyrrole nitrogens is 1. The Balaban J connectivity index is 1.43. The van der Waals surface area contributed by atoms with E-state index in [-0.39, 0.29) is 28.6 Å². The number of aromatic amines is 1. The number of hydrogen-bond acceptors (Lipinski definition) is 7. The van der Waals surface area contributed by atoms with Crippen LogP contribution in [-0.4, -0.2) is 29.0 Å². The van der Waals surface area contributed by atoms with E-state index in [2.05, 4.69) is 21.4 Å². The molecule has 0 atom stereocenters. The van der Waals surface area contributed by atoms with Crippen LogP contribution in [0.3, 0.4) is 0 Å². The summed E-state index contributed by atoms with van der Waals surface area (Å²) in [6.07, 6.45) is 4.19. The maximum atomic E-state index is 12.5. The van der Waals surface area contributed by atoms with E-state index in [0.717, 1.165) is 4.88 Å². The monoisotopic (exact) mass is 395 g/mol. The van der Waals surface area contributed by atoms with E-state index in [4.69, 9.17) is 4.42 Å². The Bertz CT molecular complexity index is 1070. The first-order chi connectivity index (χ1) is 13.7. The predicted molar refractivity (Wildman–Crippen MR) is 105 cm³/mol. The van der Waals surface area contributed by atoms with Gasteiger partial charge in [0.2, 0.25) is 28.8 Å². The number of pyridine rings is 1. The van der Waals surface area contributed by atoms with Gasteiger partial charge in [-0.3, -0.25) is 9.59 Å². The first-order valence-electron chi connectivity index (χ1n) is 8.83. The molecule has 2 N–H and O–H groups in total. The smallest absolute Gasteiger partial charge is 0.240 e. The van der Waals surface area contributed by atoms with Crippen LogP contribution in [-0.2, 0) is 4.79 Å². The molecule has 0 aromatic carbocycles. The number of oxazole rings is 1. The number of hydrogen-bond donors (Lipinski definition) is 2. The van der Waals surface area contributed by atoms with Crippen LogP contribution in [0.4, 0.5) is 11.6 Å². The molecule has 4 rings (SSSR count). The van der Waals surface area contributed by atoms with Crippen molar-refractivity contribution in [2.45, 2.75) is 12.8 Å². The molecule has 142 valence electrons. The van der Waals surface area contributed by atoms with Crippen molar-refractivity contribution in [3.8, 4) is 16.8 Å². The van der Waals surface area contributed by atoms with Gasteiger partial charge in [-0.25, -0.2) is 0 Å². The van der Waals surface area contributed by atoms with Crippen molar-refractivity contribution < 1.29 is 9.21 Å². The molecule has 1 saturated heterocycles. The normalized spacial score (nSPS) is 14.6. The second-order valence-electron chi connectivity index (χ2n) is 6.43. The average Bonchev–Trinajstić information content (AvgIpc) is 3.39. The zero-order chi connectivity index (χ0) is 19.5. The minimum absolute atomic E-state index is 0.172. The maximum absolute atomic E-state index is 12.5. The summed E-state index contributed by atoms with van der Waals surface area (Å²) in [5.74, 6) is 0.503. The van der Waals surface area contributed by atoms with E-state index in [0.29, 0.717) is 37.7 Å². The summed E-state index contributed by atoms with van der Waals surface area (Å²) in [4.78, 5) is 34.1. The lowest BCUT2D eigenvalue weighted by Gasteiger charge is -2.30. The van der Waals surface area contributed by atoms with Gasteiger partial charge in [-0.05, 0) is 24.3 Å². The molecule has 28 heavy (non-hydrogen) atoms. The van der Waals surface area contributed by atoms with Crippen molar-refractivity contribution in [1.29, 1.82) is 5.26 Å². The Morgan fingerprint density at radius 2 is 2.21 bits per heavy atom. The maximum Gasteiger partial charge on any atom is 0.240 e. The second kappa shape index (κ2) is 7.70. The Morgan fingerprint density at radius 1 is 1.39 bits per heavy atom. The minimum Gasteiger partial charge on any atom is -0.418 e. The van der Waals surface area contributed by atoms with Gasteiger partial charge in [0.15, 0.2) is 0 Å². The number of thiophene rings is 1. The largest absolute Gasteiger partial charge is 0.418 e. The quantitative estimate of drug-likeness (QED) is 0.702. The number of nitrogens with one attached hydrogen (secondary N) is 2. The summed E-state index contributed by atoms with van der Waals surface area (Å²) in [5.41, 5.74) is 0.269. The van der Waals surface area contributed by atoms with Gasteiger partial charge in [-0.1, -0.05) is 6.07 Å². The van der Waals surface area contributed by atoms with Crippen LogP contribution in [0, 0.1) is 17.2 Å². The third-order valence-electron chi connectivity index (χ3n) is 4.68. The Hall–Kier alpha value is -3.38. The number of anilines is 2. The topological polar surface area (TPSA) is 115 Å². The van der Waals surface area contributed by atoms with Crippen molar-refractivity contribution in [1.82, 2.24) is 9.97 Å². The highest BCUT2D eigenvalue weighted by atomic mass is 32.1. The van der Waals surface area contributed by atoms with E-state index in [1.54, 1.807) is 0 Å². The molecule has 0 aliphatic carbocycles. The zero-order valence-electron chi connectivity index (χ0n) is 14.8. The van der Waals surface area contributed by atoms with Crippen LogP contribution in [0.5, 0.6) is 0 Å². The van der Waals surface area contributed by atoms with E-state index in [1.165, 1.54) is 29.8 Å². The number of nitriles is 1. The minimum atomic E-state index is -0.231. The van der Waals surface area contributed by atoms with Gasteiger partial charge in [-0.15, -0.1) is 11.3 Å². The van der Waals surface area contributed by atoms with Gasteiger partial charge in [0, 0.05) is 37.5 Å². The fourth-order valence-electron chi connectivity index (χ4n) is 3.20. The summed E-state index contributed by atoms with van der Waals surface area (Å²) in [6, 6.07) is 7.25. The number of carbonyl (C=O) groups excluding carboxylic acids is 1. The Kier molecular flexibility index (Phi) is 4.95.